The summed E-state index contributed by atoms with van der Waals surface area (Å²) in [5.41, 5.74) is 7.37. The van der Waals surface area contributed by atoms with Crippen LogP contribution in [0.5, 0.6) is 0 Å². The van der Waals surface area contributed by atoms with Crippen LogP contribution in [-0.2, 0) is 4.79 Å². The van der Waals surface area contributed by atoms with E-state index in [1.54, 1.807) is 6.07 Å². The van der Waals surface area contributed by atoms with Crippen LogP contribution >= 0.6 is 11.6 Å². The number of hydrogen-bond acceptors (Lipinski definition) is 2. The zero-order valence-electron chi connectivity index (χ0n) is 7.83. The van der Waals surface area contributed by atoms with Crippen LogP contribution in [0.3, 0.4) is 0 Å². The van der Waals surface area contributed by atoms with Crippen LogP contribution in [0.1, 0.15) is 23.6 Å². The summed E-state index contributed by atoms with van der Waals surface area (Å²) in [7, 11) is 0. The standard InChI is InChI=1S/C10H12ClNO2/c1-6-3-2-4-7(11)10(6)8(12)5-9(13)14/h2-4,8H,5,12H2,1H3,(H,13,14)/t8-/m1/s1. The van der Waals surface area contributed by atoms with Crippen LogP contribution in [-0.4, -0.2) is 11.1 Å². The smallest absolute Gasteiger partial charge is 0.305 e. The first kappa shape index (κ1) is 11.0. The third-order valence-corrected chi connectivity index (χ3v) is 2.37. The predicted molar refractivity (Wildman–Crippen MR) is 55.4 cm³/mol. The molecule has 14 heavy (non-hydrogen) atoms. The van der Waals surface area contributed by atoms with Crippen molar-refractivity contribution in [3.8, 4) is 0 Å². The van der Waals surface area contributed by atoms with Crippen molar-refractivity contribution >= 4 is 17.6 Å². The van der Waals surface area contributed by atoms with Gasteiger partial charge in [-0.05, 0) is 24.1 Å². The summed E-state index contributed by atoms with van der Waals surface area (Å²) < 4.78 is 0. The van der Waals surface area contributed by atoms with Crippen molar-refractivity contribution in [1.82, 2.24) is 0 Å². The van der Waals surface area contributed by atoms with Crippen molar-refractivity contribution in [2.45, 2.75) is 19.4 Å². The molecule has 3 nitrogen and oxygen atoms in total. The fourth-order valence-corrected chi connectivity index (χ4v) is 1.77. The Morgan fingerprint density at radius 1 is 1.64 bits per heavy atom. The fourth-order valence-electron chi connectivity index (χ4n) is 1.40. The maximum absolute atomic E-state index is 10.5. The molecule has 0 unspecified atom stereocenters. The molecule has 0 amide bonds. The molecular formula is C10H12ClNO2. The lowest BCUT2D eigenvalue weighted by Crippen LogP contribution is -2.16. The minimum atomic E-state index is -0.920. The molecule has 0 heterocycles. The normalized spacial score (nSPS) is 12.5. The zero-order valence-corrected chi connectivity index (χ0v) is 8.58. The third kappa shape index (κ3) is 2.47. The Morgan fingerprint density at radius 2 is 2.29 bits per heavy atom. The van der Waals surface area contributed by atoms with Crippen LogP contribution in [0.15, 0.2) is 18.2 Å². The number of carboxylic acid groups (broad SMARTS) is 1. The first-order chi connectivity index (χ1) is 6.52. The molecule has 0 saturated carbocycles. The maximum atomic E-state index is 10.5. The second kappa shape index (κ2) is 4.44. The number of aryl methyl sites for hydroxylation is 1. The van der Waals surface area contributed by atoms with Gasteiger partial charge in [-0.2, -0.15) is 0 Å². The average Bonchev–Trinajstić information content (AvgIpc) is 2.01. The SMILES string of the molecule is Cc1cccc(Cl)c1[C@H](N)CC(=O)O. The van der Waals surface area contributed by atoms with E-state index < -0.39 is 12.0 Å². The van der Waals surface area contributed by atoms with Crippen molar-refractivity contribution in [2.24, 2.45) is 5.73 Å². The number of hydrogen-bond donors (Lipinski definition) is 2. The molecule has 0 spiro atoms. The van der Waals surface area contributed by atoms with Crippen molar-refractivity contribution in [1.29, 1.82) is 0 Å². The van der Waals surface area contributed by atoms with E-state index in [0.717, 1.165) is 11.1 Å². The molecule has 0 fully saturated rings. The van der Waals surface area contributed by atoms with Crippen molar-refractivity contribution in [3.05, 3.63) is 34.3 Å². The molecule has 1 rings (SSSR count). The number of nitrogens with two attached hydrogens (primary N) is 1. The molecule has 0 aromatic heterocycles. The van der Waals surface area contributed by atoms with Crippen molar-refractivity contribution in [3.63, 3.8) is 0 Å². The zero-order chi connectivity index (χ0) is 10.7. The molecule has 1 aromatic rings. The van der Waals surface area contributed by atoms with Gasteiger partial charge in [-0.25, -0.2) is 0 Å². The minimum Gasteiger partial charge on any atom is -0.481 e. The summed E-state index contributed by atoms with van der Waals surface area (Å²) in [5, 5.41) is 9.13. The molecule has 1 aromatic carbocycles. The summed E-state index contributed by atoms with van der Waals surface area (Å²) in [6.45, 7) is 1.86. The van der Waals surface area contributed by atoms with Crippen LogP contribution in [0.2, 0.25) is 5.02 Å². The van der Waals surface area contributed by atoms with E-state index in [9.17, 15) is 4.79 Å². The number of carbonyl (C=O) groups is 1. The Morgan fingerprint density at radius 3 is 2.79 bits per heavy atom. The molecular weight excluding hydrogens is 202 g/mol. The largest absolute Gasteiger partial charge is 0.481 e. The first-order valence-electron chi connectivity index (χ1n) is 4.24. The fraction of sp³-hybridized carbons (Fsp3) is 0.300. The summed E-state index contributed by atoms with van der Waals surface area (Å²) in [5.74, 6) is -0.920. The van der Waals surface area contributed by atoms with Gasteiger partial charge in [0.1, 0.15) is 0 Å². The lowest BCUT2D eigenvalue weighted by Gasteiger charge is -2.14. The molecule has 0 aliphatic heterocycles. The van der Waals surface area contributed by atoms with E-state index in [2.05, 4.69) is 0 Å². The van der Waals surface area contributed by atoms with Crippen LogP contribution in [0, 0.1) is 6.92 Å². The van der Waals surface area contributed by atoms with Crippen LogP contribution < -0.4 is 5.73 Å². The molecule has 3 N–H and O–H groups in total. The molecule has 0 saturated heterocycles. The van der Waals surface area contributed by atoms with E-state index in [4.69, 9.17) is 22.4 Å². The second-order valence-corrected chi connectivity index (χ2v) is 3.58. The maximum Gasteiger partial charge on any atom is 0.305 e. The van der Waals surface area contributed by atoms with E-state index >= 15 is 0 Å². The topological polar surface area (TPSA) is 63.3 Å². The van der Waals surface area contributed by atoms with Gasteiger partial charge in [0.05, 0.1) is 6.42 Å². The molecule has 0 radical (unpaired) electrons. The van der Waals surface area contributed by atoms with Gasteiger partial charge in [0.15, 0.2) is 0 Å². The first-order valence-corrected chi connectivity index (χ1v) is 4.62. The number of benzene rings is 1. The van der Waals surface area contributed by atoms with Crippen LogP contribution in [0.25, 0.3) is 0 Å². The van der Waals surface area contributed by atoms with Gasteiger partial charge in [0.2, 0.25) is 0 Å². The minimum absolute atomic E-state index is 0.107. The highest BCUT2D eigenvalue weighted by Gasteiger charge is 2.15. The molecule has 0 aliphatic rings. The van der Waals surface area contributed by atoms with Gasteiger partial charge in [-0.1, -0.05) is 23.7 Å². The Labute approximate surface area is 87.5 Å². The molecule has 1 atom stereocenters. The van der Waals surface area contributed by atoms with Gasteiger partial charge in [-0.15, -0.1) is 0 Å². The van der Waals surface area contributed by atoms with E-state index in [0.29, 0.717) is 5.02 Å². The monoisotopic (exact) mass is 213 g/mol. The molecule has 0 aliphatic carbocycles. The number of aliphatic carboxylic acids is 1. The highest BCUT2D eigenvalue weighted by Crippen LogP contribution is 2.26. The summed E-state index contributed by atoms with van der Waals surface area (Å²) in [4.78, 5) is 10.5. The molecule has 4 heteroatoms. The van der Waals surface area contributed by atoms with Crippen LogP contribution in [0.4, 0.5) is 0 Å². The number of carboxylic acids is 1. The summed E-state index contributed by atoms with van der Waals surface area (Å²) in [6, 6.07) is 4.85. The van der Waals surface area contributed by atoms with Gasteiger partial charge in [0.25, 0.3) is 0 Å². The Hall–Kier alpha value is -1.06. The predicted octanol–water partition coefficient (Wildman–Crippen LogP) is 2.12. The lowest BCUT2D eigenvalue weighted by molar-refractivity contribution is -0.137. The van der Waals surface area contributed by atoms with E-state index in [1.807, 2.05) is 19.1 Å². The lowest BCUT2D eigenvalue weighted by atomic mass is 9.99. The molecule has 76 valence electrons. The summed E-state index contributed by atoms with van der Waals surface area (Å²) in [6.07, 6.45) is -0.107. The summed E-state index contributed by atoms with van der Waals surface area (Å²) >= 11 is 5.93. The molecule has 0 bridgehead atoms. The Balaban J connectivity index is 2.99. The average molecular weight is 214 g/mol. The van der Waals surface area contributed by atoms with E-state index in [1.165, 1.54) is 0 Å². The highest BCUT2D eigenvalue weighted by molar-refractivity contribution is 6.31. The number of rotatable bonds is 3. The van der Waals surface area contributed by atoms with Crippen molar-refractivity contribution < 1.29 is 9.90 Å². The third-order valence-electron chi connectivity index (χ3n) is 2.04. The van der Waals surface area contributed by atoms with E-state index in [-0.39, 0.29) is 6.42 Å². The van der Waals surface area contributed by atoms with Gasteiger partial charge < -0.3 is 10.8 Å². The van der Waals surface area contributed by atoms with Crippen molar-refractivity contribution in [2.75, 3.05) is 0 Å². The highest BCUT2D eigenvalue weighted by atomic mass is 35.5. The Bertz CT molecular complexity index is 332. The quantitative estimate of drug-likeness (QED) is 0.809. The number of halogens is 1. The van der Waals surface area contributed by atoms with Gasteiger partial charge in [-0.3, -0.25) is 4.79 Å². The van der Waals surface area contributed by atoms with Gasteiger partial charge in [0, 0.05) is 11.1 Å². The Kier molecular flexibility index (Phi) is 3.49. The van der Waals surface area contributed by atoms with Gasteiger partial charge >= 0.3 is 5.97 Å². The second-order valence-electron chi connectivity index (χ2n) is 3.17.